The molecule has 2 aliphatic heterocycles. The molecular formula is C33H37FN2O6. The van der Waals surface area contributed by atoms with E-state index in [-0.39, 0.29) is 31.1 Å². The van der Waals surface area contributed by atoms with Gasteiger partial charge in [0.1, 0.15) is 11.6 Å². The molecule has 0 radical (unpaired) electrons. The first-order valence-electron chi connectivity index (χ1n) is 14.3. The summed E-state index contributed by atoms with van der Waals surface area (Å²) in [5.41, 5.74) is 2.68. The number of halogens is 1. The highest BCUT2D eigenvalue weighted by molar-refractivity contribution is 5.95. The number of benzene rings is 3. The fourth-order valence-corrected chi connectivity index (χ4v) is 6.29. The zero-order valence-corrected chi connectivity index (χ0v) is 24.4. The fraction of sp³-hybridized carbons (Fsp3) is 0.394. The van der Waals surface area contributed by atoms with E-state index in [2.05, 4.69) is 6.92 Å². The van der Waals surface area contributed by atoms with Crippen molar-refractivity contribution in [3.63, 3.8) is 0 Å². The van der Waals surface area contributed by atoms with Crippen molar-refractivity contribution in [2.75, 3.05) is 31.9 Å². The smallest absolute Gasteiger partial charge is 0.309 e. The van der Waals surface area contributed by atoms with Crippen molar-refractivity contribution in [1.82, 2.24) is 4.90 Å². The summed E-state index contributed by atoms with van der Waals surface area (Å²) in [4.78, 5) is 30.8. The second-order valence-electron chi connectivity index (χ2n) is 11.1. The van der Waals surface area contributed by atoms with Crippen LogP contribution in [0.5, 0.6) is 17.2 Å². The van der Waals surface area contributed by atoms with E-state index in [0.29, 0.717) is 35.0 Å². The Morgan fingerprint density at radius 1 is 1.07 bits per heavy atom. The van der Waals surface area contributed by atoms with E-state index in [0.717, 1.165) is 24.0 Å². The number of likely N-dealkylation sites (tertiary alicyclic amines) is 1. The molecule has 1 saturated heterocycles. The molecule has 9 heteroatoms. The monoisotopic (exact) mass is 576 g/mol. The average molecular weight is 577 g/mol. The highest BCUT2D eigenvalue weighted by Crippen LogP contribution is 2.48. The Hall–Kier alpha value is -4.11. The van der Waals surface area contributed by atoms with E-state index < -0.39 is 23.8 Å². The number of rotatable bonds is 10. The Kier molecular flexibility index (Phi) is 8.68. The molecule has 0 aliphatic carbocycles. The van der Waals surface area contributed by atoms with Gasteiger partial charge in [0.2, 0.25) is 12.7 Å². The van der Waals surface area contributed by atoms with Crippen LogP contribution in [0.3, 0.4) is 0 Å². The van der Waals surface area contributed by atoms with Gasteiger partial charge < -0.3 is 24.2 Å². The molecule has 2 aliphatic rings. The number of anilines is 1. The summed E-state index contributed by atoms with van der Waals surface area (Å²) >= 11 is 0. The summed E-state index contributed by atoms with van der Waals surface area (Å²) in [6, 6.07) is 16.9. The van der Waals surface area contributed by atoms with Crippen LogP contribution < -0.4 is 19.1 Å². The Labute approximate surface area is 245 Å². The molecule has 1 fully saturated rings. The Morgan fingerprint density at radius 3 is 2.45 bits per heavy atom. The van der Waals surface area contributed by atoms with Crippen LogP contribution in [0.4, 0.5) is 10.1 Å². The number of hydrogen-bond donors (Lipinski definition) is 1. The molecule has 1 N–H and O–H groups in total. The van der Waals surface area contributed by atoms with Gasteiger partial charge in [-0.3, -0.25) is 14.5 Å². The molecule has 4 atom stereocenters. The van der Waals surface area contributed by atoms with Gasteiger partial charge in [-0.05, 0) is 79.4 Å². The van der Waals surface area contributed by atoms with Crippen LogP contribution in [0.2, 0.25) is 0 Å². The number of nitrogens with zero attached hydrogens (tertiary/aromatic N) is 2. The second kappa shape index (κ2) is 12.4. The third kappa shape index (κ3) is 5.79. The first-order valence-corrected chi connectivity index (χ1v) is 14.3. The van der Waals surface area contributed by atoms with Crippen molar-refractivity contribution in [3.05, 3.63) is 83.2 Å². The van der Waals surface area contributed by atoms with Crippen LogP contribution in [-0.4, -0.2) is 54.9 Å². The summed E-state index contributed by atoms with van der Waals surface area (Å²) in [6.45, 7) is 6.18. The number of carboxylic acids is 1. The maximum absolute atomic E-state index is 14.1. The first-order chi connectivity index (χ1) is 20.2. The molecule has 4 unspecified atom stereocenters. The third-order valence-electron chi connectivity index (χ3n) is 8.34. The van der Waals surface area contributed by atoms with Gasteiger partial charge in [-0.15, -0.1) is 0 Å². The molecule has 0 bridgehead atoms. The molecule has 3 aromatic rings. The number of methoxy groups -OCH3 is 1. The SMILES string of the molecule is CCCC(C)N(C(=O)CN1CC(c2ccc3c(c2)OCO3)C(C(=O)O)C1c1ccc(OC)cc1)c1ccc(F)c(C)c1. The lowest BCUT2D eigenvalue weighted by molar-refractivity contribution is -0.143. The minimum atomic E-state index is -0.946. The maximum Gasteiger partial charge on any atom is 0.309 e. The zero-order chi connectivity index (χ0) is 30.0. The minimum absolute atomic E-state index is 0.00793. The number of carboxylic acid groups (broad SMARTS) is 1. The predicted molar refractivity (Wildman–Crippen MR) is 157 cm³/mol. The number of aliphatic carboxylic acids is 1. The molecule has 1 amide bonds. The number of aryl methyl sites for hydroxylation is 1. The van der Waals surface area contributed by atoms with Crippen molar-refractivity contribution in [3.8, 4) is 17.2 Å². The number of carbonyl (C=O) groups excluding carboxylic acids is 1. The van der Waals surface area contributed by atoms with Crippen LogP contribution in [0.25, 0.3) is 0 Å². The fourth-order valence-electron chi connectivity index (χ4n) is 6.29. The summed E-state index contributed by atoms with van der Waals surface area (Å²) in [5, 5.41) is 10.6. The van der Waals surface area contributed by atoms with Crippen molar-refractivity contribution in [1.29, 1.82) is 0 Å². The van der Waals surface area contributed by atoms with E-state index in [1.165, 1.54) is 6.07 Å². The Morgan fingerprint density at radius 2 is 1.79 bits per heavy atom. The lowest BCUT2D eigenvalue weighted by atomic mass is 9.82. The molecule has 3 aromatic carbocycles. The van der Waals surface area contributed by atoms with Gasteiger partial charge in [0.05, 0.1) is 19.6 Å². The van der Waals surface area contributed by atoms with Crippen molar-refractivity contribution >= 4 is 17.6 Å². The highest BCUT2D eigenvalue weighted by Gasteiger charge is 2.48. The van der Waals surface area contributed by atoms with E-state index in [1.807, 2.05) is 36.1 Å². The number of hydrogen-bond acceptors (Lipinski definition) is 6. The Balaban J connectivity index is 1.53. The molecule has 5 rings (SSSR count). The second-order valence-corrected chi connectivity index (χ2v) is 11.1. The first kappa shape index (κ1) is 29.4. The van der Waals surface area contributed by atoms with E-state index in [9.17, 15) is 19.1 Å². The van der Waals surface area contributed by atoms with Gasteiger partial charge in [-0.2, -0.15) is 0 Å². The number of amides is 1. The quantitative estimate of drug-likeness (QED) is 0.320. The molecule has 0 spiro atoms. The Bertz CT molecular complexity index is 1440. The van der Waals surface area contributed by atoms with E-state index in [1.54, 1.807) is 49.3 Å². The van der Waals surface area contributed by atoms with Gasteiger partial charge >= 0.3 is 5.97 Å². The minimum Gasteiger partial charge on any atom is -0.497 e. The lowest BCUT2D eigenvalue weighted by Gasteiger charge is -2.33. The molecule has 0 saturated carbocycles. The number of carbonyl (C=O) groups is 2. The standard InChI is InChI=1S/C33H37FN2O6/c1-5-6-21(3)36(24-10-13-27(34)20(2)15-24)30(37)18-35-17-26(23-9-14-28-29(16-23)42-19-41-28)31(33(38)39)32(35)22-7-11-25(40-4)12-8-22/h7-16,21,26,31-32H,5-6,17-19H2,1-4H3,(H,38,39). The number of fused-ring (bicyclic) bond motifs is 1. The molecule has 0 aromatic heterocycles. The number of ether oxygens (including phenoxy) is 3. The average Bonchev–Trinajstić information content (AvgIpc) is 3.59. The summed E-state index contributed by atoms with van der Waals surface area (Å²) in [7, 11) is 1.58. The topological polar surface area (TPSA) is 88.5 Å². The lowest BCUT2D eigenvalue weighted by Crippen LogP contribution is -2.45. The van der Waals surface area contributed by atoms with E-state index in [4.69, 9.17) is 14.2 Å². The van der Waals surface area contributed by atoms with Crippen LogP contribution in [0.15, 0.2) is 60.7 Å². The van der Waals surface area contributed by atoms with Crippen LogP contribution in [0, 0.1) is 18.7 Å². The molecule has 8 nitrogen and oxygen atoms in total. The van der Waals surface area contributed by atoms with Gasteiger partial charge in [-0.25, -0.2) is 4.39 Å². The highest BCUT2D eigenvalue weighted by atomic mass is 19.1. The molecule has 42 heavy (non-hydrogen) atoms. The van der Waals surface area contributed by atoms with Crippen molar-refractivity contribution < 1.29 is 33.3 Å². The molecular weight excluding hydrogens is 539 g/mol. The van der Waals surface area contributed by atoms with Gasteiger partial charge in [0.15, 0.2) is 11.5 Å². The van der Waals surface area contributed by atoms with Crippen LogP contribution in [-0.2, 0) is 9.59 Å². The van der Waals surface area contributed by atoms with Crippen LogP contribution >= 0.6 is 0 Å². The normalized spacial score (nSPS) is 20.4. The largest absolute Gasteiger partial charge is 0.497 e. The summed E-state index contributed by atoms with van der Waals surface area (Å²) in [5.74, 6) is -0.827. The van der Waals surface area contributed by atoms with Crippen molar-refractivity contribution in [2.24, 2.45) is 5.92 Å². The van der Waals surface area contributed by atoms with E-state index >= 15 is 0 Å². The summed E-state index contributed by atoms with van der Waals surface area (Å²) < 4.78 is 30.5. The van der Waals surface area contributed by atoms with Crippen LogP contribution in [0.1, 0.15) is 55.3 Å². The van der Waals surface area contributed by atoms with Crippen molar-refractivity contribution in [2.45, 2.75) is 51.6 Å². The summed E-state index contributed by atoms with van der Waals surface area (Å²) in [6.07, 6.45) is 1.64. The third-order valence-corrected chi connectivity index (χ3v) is 8.34. The predicted octanol–water partition coefficient (Wildman–Crippen LogP) is 5.93. The van der Waals surface area contributed by atoms with Gasteiger partial charge in [0.25, 0.3) is 0 Å². The maximum atomic E-state index is 14.1. The molecule has 222 valence electrons. The molecule has 2 heterocycles. The zero-order valence-electron chi connectivity index (χ0n) is 24.4. The van der Waals surface area contributed by atoms with Gasteiger partial charge in [-0.1, -0.05) is 31.5 Å². The van der Waals surface area contributed by atoms with Gasteiger partial charge in [0, 0.05) is 30.2 Å².